The molecule has 2 heterocycles. The second-order valence-corrected chi connectivity index (χ2v) is 8.73. The van der Waals surface area contributed by atoms with Gasteiger partial charge in [0, 0.05) is 24.6 Å². The van der Waals surface area contributed by atoms with E-state index < -0.39 is 0 Å². The van der Waals surface area contributed by atoms with Crippen LogP contribution in [0.4, 0.5) is 11.4 Å². The highest BCUT2D eigenvalue weighted by atomic mass is 32.2. The summed E-state index contributed by atoms with van der Waals surface area (Å²) < 4.78 is 2.06. The minimum absolute atomic E-state index is 0.0969. The summed E-state index contributed by atoms with van der Waals surface area (Å²) in [6.07, 6.45) is 3.65. The smallest absolute Gasteiger partial charge is 0.234 e. The van der Waals surface area contributed by atoms with Crippen molar-refractivity contribution in [1.82, 2.24) is 14.8 Å². The topological polar surface area (TPSA) is 80.1 Å². The molecule has 7 nitrogen and oxygen atoms in total. The molecule has 5 rings (SSSR count). The van der Waals surface area contributed by atoms with Gasteiger partial charge in [0.1, 0.15) is 5.82 Å². The number of para-hydroxylation sites is 3. The molecule has 0 unspecified atom stereocenters. The molecule has 158 valence electrons. The number of carbonyl (C=O) groups is 2. The fourth-order valence-electron chi connectivity index (χ4n) is 3.83. The molecule has 0 bridgehead atoms. The van der Waals surface area contributed by atoms with Crippen LogP contribution < -0.4 is 10.2 Å². The van der Waals surface area contributed by atoms with Crippen LogP contribution in [-0.2, 0) is 9.59 Å². The van der Waals surface area contributed by atoms with Gasteiger partial charge in [-0.15, -0.1) is 10.2 Å². The molecular weight excluding hydrogens is 410 g/mol. The summed E-state index contributed by atoms with van der Waals surface area (Å²) in [5.41, 5.74) is 2.42. The molecule has 31 heavy (non-hydrogen) atoms. The Morgan fingerprint density at radius 1 is 1.06 bits per heavy atom. The Hall–Kier alpha value is -3.13. The average molecular weight is 434 g/mol. The van der Waals surface area contributed by atoms with E-state index in [4.69, 9.17) is 0 Å². The number of rotatable bonds is 7. The summed E-state index contributed by atoms with van der Waals surface area (Å²) in [6.45, 7) is 0.685. The molecule has 2 aromatic carbocycles. The molecule has 3 aromatic rings. The molecule has 2 fully saturated rings. The molecule has 2 amide bonds. The van der Waals surface area contributed by atoms with Crippen molar-refractivity contribution >= 4 is 35.0 Å². The van der Waals surface area contributed by atoms with Gasteiger partial charge in [0.2, 0.25) is 11.8 Å². The van der Waals surface area contributed by atoms with Gasteiger partial charge in [-0.3, -0.25) is 14.2 Å². The van der Waals surface area contributed by atoms with Crippen molar-refractivity contribution in [2.24, 2.45) is 0 Å². The summed E-state index contributed by atoms with van der Waals surface area (Å²) in [5, 5.41) is 12.5. The van der Waals surface area contributed by atoms with E-state index in [9.17, 15) is 9.59 Å². The fraction of sp³-hybridized carbons (Fsp3) is 0.304. The number of nitrogens with zero attached hydrogens (tertiary/aromatic N) is 4. The summed E-state index contributed by atoms with van der Waals surface area (Å²) in [7, 11) is 0. The van der Waals surface area contributed by atoms with Crippen LogP contribution in [0.2, 0.25) is 0 Å². The van der Waals surface area contributed by atoms with E-state index >= 15 is 0 Å². The molecule has 1 aromatic heterocycles. The van der Waals surface area contributed by atoms with Crippen molar-refractivity contribution in [3.63, 3.8) is 0 Å². The third kappa shape index (κ3) is 4.20. The molecule has 8 heteroatoms. The second-order valence-electron chi connectivity index (χ2n) is 7.79. The molecule has 2 aliphatic rings. The zero-order chi connectivity index (χ0) is 21.2. The van der Waals surface area contributed by atoms with Crippen molar-refractivity contribution in [1.29, 1.82) is 0 Å². The first-order valence-corrected chi connectivity index (χ1v) is 11.5. The van der Waals surface area contributed by atoms with Gasteiger partial charge in [0.25, 0.3) is 0 Å². The Balaban J connectivity index is 1.31. The first-order valence-electron chi connectivity index (χ1n) is 10.5. The lowest BCUT2D eigenvalue weighted by Crippen LogP contribution is -2.26. The molecule has 0 atom stereocenters. The number of anilines is 2. The Morgan fingerprint density at radius 2 is 1.84 bits per heavy atom. The van der Waals surface area contributed by atoms with Gasteiger partial charge in [0.15, 0.2) is 5.16 Å². The van der Waals surface area contributed by atoms with Crippen LogP contribution >= 0.6 is 11.8 Å². The highest BCUT2D eigenvalue weighted by Crippen LogP contribution is 2.41. The van der Waals surface area contributed by atoms with Crippen LogP contribution in [0.5, 0.6) is 0 Å². The number of hydrogen-bond acceptors (Lipinski definition) is 5. The lowest BCUT2D eigenvalue weighted by Gasteiger charge is -2.19. The summed E-state index contributed by atoms with van der Waals surface area (Å²) in [4.78, 5) is 26.6. The van der Waals surface area contributed by atoms with E-state index in [1.54, 1.807) is 4.90 Å². The van der Waals surface area contributed by atoms with Crippen LogP contribution in [0, 0.1) is 0 Å². The van der Waals surface area contributed by atoms with Crippen LogP contribution in [0.1, 0.15) is 37.4 Å². The molecule has 1 aliphatic carbocycles. The number of thioether (sulfide) groups is 1. The van der Waals surface area contributed by atoms with Crippen molar-refractivity contribution in [2.45, 2.75) is 36.8 Å². The third-order valence-corrected chi connectivity index (χ3v) is 6.42. The number of benzene rings is 2. The Kier molecular flexibility index (Phi) is 5.46. The van der Waals surface area contributed by atoms with Gasteiger partial charge in [-0.1, -0.05) is 42.1 Å². The zero-order valence-corrected chi connectivity index (χ0v) is 17.8. The second kappa shape index (κ2) is 8.55. The van der Waals surface area contributed by atoms with Gasteiger partial charge in [-0.05, 0) is 43.5 Å². The molecule has 1 N–H and O–H groups in total. The first kappa shape index (κ1) is 19.8. The van der Waals surface area contributed by atoms with E-state index in [-0.39, 0.29) is 17.6 Å². The van der Waals surface area contributed by atoms with Crippen molar-refractivity contribution < 1.29 is 9.59 Å². The van der Waals surface area contributed by atoms with Crippen molar-refractivity contribution in [2.75, 3.05) is 22.5 Å². The van der Waals surface area contributed by atoms with E-state index in [1.165, 1.54) is 11.8 Å². The van der Waals surface area contributed by atoms with Gasteiger partial charge in [-0.25, -0.2) is 0 Å². The van der Waals surface area contributed by atoms with E-state index in [2.05, 4.69) is 20.1 Å². The highest BCUT2D eigenvalue weighted by Gasteiger charge is 2.31. The SMILES string of the molecule is O=C(CSc1nnc(C2CC2)n1-c1ccccc1)Nc1ccccc1N1CCCC1=O. The molecular formula is C23H23N5O2S. The standard InChI is InChI=1S/C23H23N5O2S/c29-20(24-18-9-4-5-10-19(18)27-14-6-11-21(27)30)15-31-23-26-25-22(16-12-13-16)28(23)17-7-2-1-3-8-17/h1-5,7-10,16H,6,11-15H2,(H,24,29). The molecule has 1 aliphatic heterocycles. The van der Waals surface area contributed by atoms with Gasteiger partial charge in [0.05, 0.1) is 17.1 Å². The van der Waals surface area contributed by atoms with E-state index in [0.717, 1.165) is 36.5 Å². The third-order valence-electron chi connectivity index (χ3n) is 5.49. The minimum Gasteiger partial charge on any atom is -0.324 e. The van der Waals surface area contributed by atoms with Crippen LogP contribution in [-0.4, -0.2) is 38.9 Å². The zero-order valence-electron chi connectivity index (χ0n) is 17.0. The molecule has 0 spiro atoms. The maximum Gasteiger partial charge on any atom is 0.234 e. The van der Waals surface area contributed by atoms with E-state index in [1.807, 2.05) is 54.6 Å². The largest absolute Gasteiger partial charge is 0.324 e. The summed E-state index contributed by atoms with van der Waals surface area (Å²) >= 11 is 1.37. The summed E-state index contributed by atoms with van der Waals surface area (Å²) in [5.74, 6) is 1.57. The summed E-state index contributed by atoms with van der Waals surface area (Å²) in [6, 6.07) is 17.5. The number of nitrogens with one attached hydrogen (secondary N) is 1. The van der Waals surface area contributed by atoms with Gasteiger partial charge in [-0.2, -0.15) is 0 Å². The molecule has 0 radical (unpaired) electrons. The molecule has 1 saturated heterocycles. The lowest BCUT2D eigenvalue weighted by molar-refractivity contribution is -0.117. The monoisotopic (exact) mass is 433 g/mol. The quantitative estimate of drug-likeness (QED) is 0.570. The van der Waals surface area contributed by atoms with Crippen molar-refractivity contribution in [3.05, 3.63) is 60.4 Å². The lowest BCUT2D eigenvalue weighted by atomic mass is 10.2. The van der Waals surface area contributed by atoms with Crippen molar-refractivity contribution in [3.8, 4) is 5.69 Å². The number of carbonyl (C=O) groups excluding carboxylic acids is 2. The Morgan fingerprint density at radius 3 is 2.58 bits per heavy atom. The maximum absolute atomic E-state index is 12.7. The minimum atomic E-state index is -0.139. The molecule has 1 saturated carbocycles. The number of aromatic nitrogens is 3. The van der Waals surface area contributed by atoms with E-state index in [0.29, 0.717) is 29.7 Å². The maximum atomic E-state index is 12.7. The predicted octanol–water partition coefficient (Wildman–Crippen LogP) is 4.00. The number of amides is 2. The van der Waals surface area contributed by atoms with Crippen LogP contribution in [0.3, 0.4) is 0 Å². The van der Waals surface area contributed by atoms with Crippen LogP contribution in [0.15, 0.2) is 59.8 Å². The Bertz CT molecular complexity index is 1110. The fourth-order valence-corrected chi connectivity index (χ4v) is 4.59. The first-order chi connectivity index (χ1) is 15.2. The average Bonchev–Trinajstić information content (AvgIpc) is 3.41. The van der Waals surface area contributed by atoms with Gasteiger partial charge >= 0.3 is 0 Å². The normalized spacial score (nSPS) is 16.0. The Labute approximate surface area is 184 Å². The number of hydrogen-bond donors (Lipinski definition) is 1. The van der Waals surface area contributed by atoms with Gasteiger partial charge < -0.3 is 10.2 Å². The predicted molar refractivity (Wildman–Crippen MR) is 121 cm³/mol. The van der Waals surface area contributed by atoms with Crippen LogP contribution in [0.25, 0.3) is 5.69 Å². The highest BCUT2D eigenvalue weighted by molar-refractivity contribution is 7.99.